The largest absolute Gasteiger partial charge is 0.393 e. The summed E-state index contributed by atoms with van der Waals surface area (Å²) in [6.07, 6.45) is 59.9. The molecule has 0 bridgehead atoms. The van der Waals surface area contributed by atoms with Crippen LogP contribution in [-0.4, -0.2) is 11.9 Å². The molecule has 1 aliphatic heterocycles. The van der Waals surface area contributed by atoms with Crippen molar-refractivity contribution in [1.29, 1.82) is 0 Å². The molecule has 0 amide bonds. The van der Waals surface area contributed by atoms with E-state index in [4.69, 9.17) is 0 Å². The number of cyclic esters (lactones) is 2. The molecule has 0 spiro atoms. The quantitative estimate of drug-likeness (QED) is 0.0279. The standard InChI is InChI=1S/C46H86O3/c1-2-3-4-5-6-7-8-9-10-11-12-13-14-15-16-17-18-19-20-21-22-23-24-25-26-27-28-29-30-31-32-33-34-35-36-37-38-39-40-41-42-44-43-45(47)49-46(44)48/h41-42,44H,2-40,43H2,1H3/b42-41+. The number of esters is 2. The number of hydrogen-bond acceptors (Lipinski definition) is 3. The Morgan fingerprint density at radius 2 is 0.653 bits per heavy atom. The average Bonchev–Trinajstić information content (AvgIpc) is 3.43. The molecule has 1 atom stereocenters. The molecule has 0 radical (unpaired) electrons. The molecule has 288 valence electrons. The summed E-state index contributed by atoms with van der Waals surface area (Å²) in [7, 11) is 0. The Balaban J connectivity index is 1.62. The predicted octanol–water partition coefficient (Wildman–Crippen LogP) is 15.9. The predicted molar refractivity (Wildman–Crippen MR) is 214 cm³/mol. The molecule has 1 heterocycles. The van der Waals surface area contributed by atoms with Crippen LogP contribution in [0, 0.1) is 5.92 Å². The van der Waals surface area contributed by atoms with Crippen LogP contribution in [0.4, 0.5) is 0 Å². The zero-order chi connectivity index (χ0) is 35.1. The van der Waals surface area contributed by atoms with Gasteiger partial charge in [0.05, 0.1) is 12.3 Å². The van der Waals surface area contributed by atoms with Gasteiger partial charge < -0.3 is 4.74 Å². The highest BCUT2D eigenvalue weighted by Gasteiger charge is 2.30. The molecule has 0 aromatic rings. The summed E-state index contributed by atoms with van der Waals surface area (Å²) in [6, 6.07) is 0. The van der Waals surface area contributed by atoms with E-state index < -0.39 is 0 Å². The van der Waals surface area contributed by atoms with E-state index in [-0.39, 0.29) is 24.3 Å². The van der Waals surface area contributed by atoms with Crippen LogP contribution in [0.15, 0.2) is 12.2 Å². The Morgan fingerprint density at radius 1 is 0.408 bits per heavy atom. The van der Waals surface area contributed by atoms with Crippen molar-refractivity contribution in [3.63, 3.8) is 0 Å². The van der Waals surface area contributed by atoms with Gasteiger partial charge in [-0.2, -0.15) is 0 Å². The maximum atomic E-state index is 11.4. The normalized spacial score (nSPS) is 14.8. The number of carbonyl (C=O) groups is 2. The van der Waals surface area contributed by atoms with E-state index in [1.807, 2.05) is 6.08 Å². The van der Waals surface area contributed by atoms with Crippen molar-refractivity contribution < 1.29 is 14.3 Å². The summed E-state index contributed by atoms with van der Waals surface area (Å²) in [5.74, 6) is -1.11. The molecule has 0 saturated carbocycles. The minimum atomic E-state index is -0.387. The third-order valence-electron chi connectivity index (χ3n) is 11.0. The maximum absolute atomic E-state index is 11.4. The molecule has 0 aromatic carbocycles. The summed E-state index contributed by atoms with van der Waals surface area (Å²) in [5.41, 5.74) is 0. The Hall–Kier alpha value is -1.12. The van der Waals surface area contributed by atoms with E-state index in [1.54, 1.807) is 0 Å². The second-order valence-electron chi connectivity index (χ2n) is 15.9. The van der Waals surface area contributed by atoms with Gasteiger partial charge in [0.25, 0.3) is 0 Å². The molecule has 3 heteroatoms. The fraction of sp³-hybridized carbons (Fsp3) is 0.913. The first-order valence-corrected chi connectivity index (χ1v) is 22.6. The van der Waals surface area contributed by atoms with Gasteiger partial charge in [0, 0.05) is 0 Å². The van der Waals surface area contributed by atoms with Crippen molar-refractivity contribution in [1.82, 2.24) is 0 Å². The fourth-order valence-electron chi connectivity index (χ4n) is 7.60. The maximum Gasteiger partial charge on any atom is 0.321 e. The van der Waals surface area contributed by atoms with E-state index >= 15 is 0 Å². The number of carbonyl (C=O) groups excluding carboxylic acids is 2. The summed E-state index contributed by atoms with van der Waals surface area (Å²) in [6.45, 7) is 2.31. The van der Waals surface area contributed by atoms with Crippen molar-refractivity contribution >= 4 is 11.9 Å². The van der Waals surface area contributed by atoms with Crippen LogP contribution in [0.5, 0.6) is 0 Å². The van der Waals surface area contributed by atoms with Crippen molar-refractivity contribution in [2.24, 2.45) is 5.92 Å². The molecular weight excluding hydrogens is 601 g/mol. The van der Waals surface area contributed by atoms with Gasteiger partial charge in [0.15, 0.2) is 0 Å². The molecule has 0 N–H and O–H groups in total. The molecule has 49 heavy (non-hydrogen) atoms. The molecule has 1 aliphatic rings. The first-order chi connectivity index (χ1) is 24.2. The lowest BCUT2D eigenvalue weighted by atomic mass is 10.0. The fourth-order valence-corrected chi connectivity index (χ4v) is 7.60. The summed E-state index contributed by atoms with van der Waals surface area (Å²) < 4.78 is 4.57. The topological polar surface area (TPSA) is 43.4 Å². The third-order valence-corrected chi connectivity index (χ3v) is 11.0. The number of unbranched alkanes of at least 4 members (excludes halogenated alkanes) is 38. The molecule has 1 saturated heterocycles. The molecule has 0 aromatic heterocycles. The summed E-state index contributed by atoms with van der Waals surface area (Å²) in [4.78, 5) is 22.5. The van der Waals surface area contributed by atoms with Gasteiger partial charge in [-0.1, -0.05) is 257 Å². The lowest BCUT2D eigenvalue weighted by molar-refractivity contribution is -0.152. The third kappa shape index (κ3) is 33.8. The highest BCUT2D eigenvalue weighted by molar-refractivity contribution is 5.95. The minimum absolute atomic E-state index is 0.217. The Labute approximate surface area is 307 Å². The molecule has 1 unspecified atom stereocenters. The number of allylic oxidation sites excluding steroid dienone is 1. The van der Waals surface area contributed by atoms with Crippen molar-refractivity contribution in [2.45, 2.75) is 264 Å². The van der Waals surface area contributed by atoms with Gasteiger partial charge in [0.1, 0.15) is 0 Å². The van der Waals surface area contributed by atoms with E-state index in [1.165, 1.54) is 244 Å². The van der Waals surface area contributed by atoms with E-state index in [2.05, 4.69) is 17.7 Å². The van der Waals surface area contributed by atoms with Crippen LogP contribution in [0.3, 0.4) is 0 Å². The van der Waals surface area contributed by atoms with Gasteiger partial charge in [-0.25, -0.2) is 0 Å². The van der Waals surface area contributed by atoms with Crippen molar-refractivity contribution in [3.05, 3.63) is 12.2 Å². The Kier molecular flexibility index (Phi) is 35.7. The zero-order valence-corrected chi connectivity index (χ0v) is 33.2. The van der Waals surface area contributed by atoms with E-state index in [0.717, 1.165) is 6.42 Å². The van der Waals surface area contributed by atoms with Crippen LogP contribution in [0.1, 0.15) is 264 Å². The Morgan fingerprint density at radius 3 is 0.878 bits per heavy atom. The summed E-state index contributed by atoms with van der Waals surface area (Å²) >= 11 is 0. The lowest BCUT2D eigenvalue weighted by Crippen LogP contribution is -2.03. The first kappa shape index (κ1) is 45.9. The lowest BCUT2D eigenvalue weighted by Gasteiger charge is -2.05. The van der Waals surface area contributed by atoms with Gasteiger partial charge >= 0.3 is 11.9 Å². The number of hydrogen-bond donors (Lipinski definition) is 0. The van der Waals surface area contributed by atoms with Gasteiger partial charge in [0.2, 0.25) is 0 Å². The van der Waals surface area contributed by atoms with Gasteiger partial charge in [-0.05, 0) is 12.8 Å². The van der Waals surface area contributed by atoms with Crippen molar-refractivity contribution in [3.8, 4) is 0 Å². The highest BCUT2D eigenvalue weighted by Crippen LogP contribution is 2.19. The van der Waals surface area contributed by atoms with Crippen LogP contribution >= 0.6 is 0 Å². The number of rotatable bonds is 40. The molecule has 0 aliphatic carbocycles. The van der Waals surface area contributed by atoms with E-state index in [9.17, 15) is 9.59 Å². The Bertz CT molecular complexity index is 728. The summed E-state index contributed by atoms with van der Waals surface area (Å²) in [5, 5.41) is 0. The van der Waals surface area contributed by atoms with Crippen LogP contribution in [0.25, 0.3) is 0 Å². The number of ether oxygens (including phenoxy) is 1. The van der Waals surface area contributed by atoms with Crippen LogP contribution in [0.2, 0.25) is 0 Å². The molecule has 1 rings (SSSR count). The van der Waals surface area contributed by atoms with Crippen molar-refractivity contribution in [2.75, 3.05) is 0 Å². The van der Waals surface area contributed by atoms with E-state index in [0.29, 0.717) is 0 Å². The second kappa shape index (κ2) is 38.1. The molecule has 3 nitrogen and oxygen atoms in total. The second-order valence-corrected chi connectivity index (χ2v) is 15.9. The minimum Gasteiger partial charge on any atom is -0.393 e. The smallest absolute Gasteiger partial charge is 0.321 e. The molecule has 1 fully saturated rings. The molecular formula is C46H86O3. The SMILES string of the molecule is CCCCCCCCCCCCCCCCCCCCCCCCCCCCCCCCCCCCCCCC/C=C/C1CC(=O)OC1=O. The van der Waals surface area contributed by atoms with Gasteiger partial charge in [-0.15, -0.1) is 0 Å². The highest BCUT2D eigenvalue weighted by atomic mass is 16.6. The van der Waals surface area contributed by atoms with Gasteiger partial charge in [-0.3, -0.25) is 9.59 Å². The zero-order valence-electron chi connectivity index (χ0n) is 33.2. The monoisotopic (exact) mass is 687 g/mol. The average molecular weight is 687 g/mol. The first-order valence-electron chi connectivity index (χ1n) is 22.6. The van der Waals surface area contributed by atoms with Crippen LogP contribution < -0.4 is 0 Å². The van der Waals surface area contributed by atoms with Crippen LogP contribution in [-0.2, 0) is 14.3 Å².